The van der Waals surface area contributed by atoms with Crippen molar-refractivity contribution >= 4 is 11.6 Å². The number of halogens is 1. The molecule has 0 amide bonds. The molecule has 2 aromatic rings. The van der Waals surface area contributed by atoms with Crippen molar-refractivity contribution in [2.45, 2.75) is 13.8 Å². The lowest BCUT2D eigenvalue weighted by Gasteiger charge is -2.10. The van der Waals surface area contributed by atoms with Crippen molar-refractivity contribution in [1.29, 1.82) is 5.26 Å². The first-order chi connectivity index (χ1) is 8.15. The summed E-state index contributed by atoms with van der Waals surface area (Å²) in [5.74, 6) is 0. The van der Waals surface area contributed by atoms with Crippen LogP contribution in [0.3, 0.4) is 0 Å². The highest BCUT2D eigenvalue weighted by Crippen LogP contribution is 2.28. The van der Waals surface area contributed by atoms with Gasteiger partial charge in [-0.15, -0.1) is 0 Å². The maximum atomic E-state index is 9.00. The Morgan fingerprint density at radius 3 is 2.41 bits per heavy atom. The average molecular weight is 244 g/mol. The lowest BCUT2D eigenvalue weighted by Crippen LogP contribution is -1.97. The summed E-state index contributed by atoms with van der Waals surface area (Å²) in [4.78, 5) is 8.26. The third-order valence-corrected chi connectivity index (χ3v) is 3.05. The van der Waals surface area contributed by atoms with Gasteiger partial charge in [0.05, 0.1) is 11.3 Å². The summed E-state index contributed by atoms with van der Waals surface area (Å²) >= 11 is 6.01. The van der Waals surface area contributed by atoms with Crippen molar-refractivity contribution in [1.82, 2.24) is 9.97 Å². The third-order valence-electron chi connectivity index (χ3n) is 2.77. The van der Waals surface area contributed by atoms with E-state index in [9.17, 15) is 0 Å². The SMILES string of the molecule is Cc1c(-c2ccncc2)nc(Cl)c(C#N)c1C. The van der Waals surface area contributed by atoms with E-state index in [1.165, 1.54) is 0 Å². The number of nitrogens with zero attached hydrogens (tertiary/aromatic N) is 3. The molecule has 0 fully saturated rings. The quantitative estimate of drug-likeness (QED) is 0.722. The second-order valence-electron chi connectivity index (χ2n) is 3.72. The van der Waals surface area contributed by atoms with Gasteiger partial charge in [0.1, 0.15) is 11.2 Å². The molecule has 0 aliphatic heterocycles. The predicted molar refractivity (Wildman–Crippen MR) is 66.7 cm³/mol. The van der Waals surface area contributed by atoms with Crippen LogP contribution in [-0.4, -0.2) is 9.97 Å². The van der Waals surface area contributed by atoms with Gasteiger partial charge in [0.15, 0.2) is 0 Å². The van der Waals surface area contributed by atoms with E-state index < -0.39 is 0 Å². The molecule has 0 atom stereocenters. The maximum Gasteiger partial charge on any atom is 0.147 e. The zero-order valence-electron chi connectivity index (χ0n) is 9.53. The third kappa shape index (κ3) is 2.00. The molecule has 2 aromatic heterocycles. The van der Waals surface area contributed by atoms with Crippen LogP contribution < -0.4 is 0 Å². The van der Waals surface area contributed by atoms with E-state index in [-0.39, 0.29) is 5.15 Å². The smallest absolute Gasteiger partial charge is 0.147 e. The normalized spacial score (nSPS) is 10.0. The molecule has 0 spiro atoms. The van der Waals surface area contributed by atoms with E-state index in [1.54, 1.807) is 12.4 Å². The van der Waals surface area contributed by atoms with Crippen molar-refractivity contribution in [2.75, 3.05) is 0 Å². The van der Waals surface area contributed by atoms with Crippen molar-refractivity contribution < 1.29 is 0 Å². The molecule has 2 rings (SSSR count). The number of hydrogen-bond donors (Lipinski definition) is 0. The van der Waals surface area contributed by atoms with Crippen LogP contribution in [0.2, 0.25) is 5.15 Å². The van der Waals surface area contributed by atoms with Crippen molar-refractivity contribution in [2.24, 2.45) is 0 Å². The minimum absolute atomic E-state index is 0.252. The van der Waals surface area contributed by atoms with E-state index in [1.807, 2.05) is 26.0 Å². The van der Waals surface area contributed by atoms with Gasteiger partial charge in [-0.05, 0) is 37.1 Å². The van der Waals surface area contributed by atoms with E-state index in [0.717, 1.165) is 22.4 Å². The summed E-state index contributed by atoms with van der Waals surface area (Å²) in [6, 6.07) is 5.82. The van der Waals surface area contributed by atoms with Crippen LogP contribution >= 0.6 is 11.6 Å². The van der Waals surface area contributed by atoms with Gasteiger partial charge in [-0.3, -0.25) is 4.98 Å². The van der Waals surface area contributed by atoms with Crippen LogP contribution in [0.15, 0.2) is 24.5 Å². The Bertz CT molecular complexity index is 600. The van der Waals surface area contributed by atoms with Gasteiger partial charge >= 0.3 is 0 Å². The fourth-order valence-electron chi connectivity index (χ4n) is 1.68. The Morgan fingerprint density at radius 2 is 1.82 bits per heavy atom. The number of pyridine rings is 2. The predicted octanol–water partition coefficient (Wildman–Crippen LogP) is 3.29. The summed E-state index contributed by atoms with van der Waals surface area (Å²) in [5, 5.41) is 9.25. The van der Waals surface area contributed by atoms with Gasteiger partial charge in [0.2, 0.25) is 0 Å². The van der Waals surface area contributed by atoms with Crippen LogP contribution in [0.4, 0.5) is 0 Å². The molecule has 0 aromatic carbocycles. The Labute approximate surface area is 105 Å². The van der Waals surface area contributed by atoms with Crippen molar-refractivity contribution in [3.05, 3.63) is 46.4 Å². The fourth-order valence-corrected chi connectivity index (χ4v) is 1.95. The molecule has 0 N–H and O–H groups in total. The van der Waals surface area contributed by atoms with Crippen LogP contribution in [-0.2, 0) is 0 Å². The zero-order chi connectivity index (χ0) is 12.4. The van der Waals surface area contributed by atoms with Gasteiger partial charge in [-0.25, -0.2) is 4.98 Å². The Kier molecular flexibility index (Phi) is 3.08. The first kappa shape index (κ1) is 11.6. The summed E-state index contributed by atoms with van der Waals surface area (Å²) in [6.07, 6.45) is 3.41. The highest BCUT2D eigenvalue weighted by Gasteiger charge is 2.13. The molecule has 0 bridgehead atoms. The minimum atomic E-state index is 0.252. The topological polar surface area (TPSA) is 49.6 Å². The van der Waals surface area contributed by atoms with E-state index in [2.05, 4.69) is 16.0 Å². The molecule has 4 heteroatoms. The molecule has 0 radical (unpaired) electrons. The first-order valence-corrected chi connectivity index (χ1v) is 5.50. The van der Waals surface area contributed by atoms with Crippen LogP contribution in [0.25, 0.3) is 11.3 Å². The maximum absolute atomic E-state index is 9.00. The van der Waals surface area contributed by atoms with Gasteiger partial charge in [0, 0.05) is 18.0 Å². The van der Waals surface area contributed by atoms with Crippen LogP contribution in [0.5, 0.6) is 0 Å². The monoisotopic (exact) mass is 243 g/mol. The van der Waals surface area contributed by atoms with Crippen molar-refractivity contribution in [3.63, 3.8) is 0 Å². The molecule has 0 unspecified atom stereocenters. The number of aromatic nitrogens is 2. The van der Waals surface area contributed by atoms with Gasteiger partial charge < -0.3 is 0 Å². The highest BCUT2D eigenvalue weighted by atomic mass is 35.5. The van der Waals surface area contributed by atoms with Crippen LogP contribution in [0.1, 0.15) is 16.7 Å². The molecule has 0 aliphatic rings. The average Bonchev–Trinajstić information content (AvgIpc) is 2.35. The Hall–Kier alpha value is -1.92. The van der Waals surface area contributed by atoms with Crippen molar-refractivity contribution in [3.8, 4) is 17.3 Å². The zero-order valence-corrected chi connectivity index (χ0v) is 10.3. The molecular weight excluding hydrogens is 234 g/mol. The molecule has 84 valence electrons. The molecule has 0 saturated carbocycles. The minimum Gasteiger partial charge on any atom is -0.265 e. The summed E-state index contributed by atoms with van der Waals surface area (Å²) in [5.41, 5.74) is 4.04. The lowest BCUT2D eigenvalue weighted by atomic mass is 10.0. The molecular formula is C13H10ClN3. The van der Waals surface area contributed by atoms with E-state index in [4.69, 9.17) is 16.9 Å². The molecule has 0 aliphatic carbocycles. The number of nitriles is 1. The second-order valence-corrected chi connectivity index (χ2v) is 4.08. The largest absolute Gasteiger partial charge is 0.265 e. The van der Waals surface area contributed by atoms with Gasteiger partial charge in [-0.1, -0.05) is 11.6 Å². The first-order valence-electron chi connectivity index (χ1n) is 5.12. The van der Waals surface area contributed by atoms with Gasteiger partial charge in [-0.2, -0.15) is 5.26 Å². The van der Waals surface area contributed by atoms with E-state index in [0.29, 0.717) is 5.56 Å². The summed E-state index contributed by atoms with van der Waals surface area (Å²) in [7, 11) is 0. The van der Waals surface area contributed by atoms with E-state index >= 15 is 0 Å². The summed E-state index contributed by atoms with van der Waals surface area (Å²) < 4.78 is 0. The summed E-state index contributed by atoms with van der Waals surface area (Å²) in [6.45, 7) is 3.82. The molecule has 2 heterocycles. The Balaban J connectivity index is 2.71. The number of rotatable bonds is 1. The second kappa shape index (κ2) is 4.52. The molecule has 17 heavy (non-hydrogen) atoms. The fraction of sp³-hybridized carbons (Fsp3) is 0.154. The lowest BCUT2D eigenvalue weighted by molar-refractivity contribution is 1.19. The van der Waals surface area contributed by atoms with Gasteiger partial charge in [0.25, 0.3) is 0 Å². The molecule has 3 nitrogen and oxygen atoms in total. The highest BCUT2D eigenvalue weighted by molar-refractivity contribution is 6.30. The Morgan fingerprint density at radius 1 is 1.18 bits per heavy atom. The van der Waals surface area contributed by atoms with Crippen LogP contribution in [0, 0.1) is 25.2 Å². The number of hydrogen-bond acceptors (Lipinski definition) is 3. The standard InChI is InChI=1S/C13H10ClN3/c1-8-9(2)12(10-3-5-16-6-4-10)17-13(14)11(8)7-15/h3-6H,1-2H3. The molecule has 0 saturated heterocycles.